The van der Waals surface area contributed by atoms with Crippen LogP contribution in [0.2, 0.25) is 5.02 Å². The number of halogens is 1. The molecule has 4 nitrogen and oxygen atoms in total. The molecule has 0 bridgehead atoms. The standard InChI is InChI=1S/C13H21ClN2O2S/c1-4-16(11(3)10-19(17,18)5-2)9-12-6-7-15-8-13(12)14/h6-8,11H,4-5,9-10H2,1-3H3. The predicted molar refractivity (Wildman–Crippen MR) is 79.1 cm³/mol. The summed E-state index contributed by atoms with van der Waals surface area (Å²) in [5.74, 6) is 0.366. The molecule has 0 saturated carbocycles. The van der Waals surface area contributed by atoms with E-state index in [-0.39, 0.29) is 17.5 Å². The van der Waals surface area contributed by atoms with Crippen LogP contribution in [0.25, 0.3) is 0 Å². The van der Waals surface area contributed by atoms with E-state index in [0.717, 1.165) is 12.1 Å². The van der Waals surface area contributed by atoms with Crippen LogP contribution in [0.4, 0.5) is 0 Å². The molecule has 108 valence electrons. The van der Waals surface area contributed by atoms with Gasteiger partial charge < -0.3 is 0 Å². The Kier molecular flexibility index (Phi) is 6.23. The van der Waals surface area contributed by atoms with E-state index in [4.69, 9.17) is 11.6 Å². The first kappa shape index (κ1) is 16.4. The summed E-state index contributed by atoms with van der Waals surface area (Å²) in [6.07, 6.45) is 3.31. The lowest BCUT2D eigenvalue weighted by atomic mass is 10.2. The molecule has 0 spiro atoms. The average molecular weight is 305 g/mol. The molecule has 19 heavy (non-hydrogen) atoms. The fraction of sp³-hybridized carbons (Fsp3) is 0.615. The van der Waals surface area contributed by atoms with Crippen molar-refractivity contribution < 1.29 is 8.42 Å². The lowest BCUT2D eigenvalue weighted by molar-refractivity contribution is 0.226. The highest BCUT2D eigenvalue weighted by Gasteiger charge is 2.19. The molecule has 0 amide bonds. The fourth-order valence-corrected chi connectivity index (χ4v) is 3.28. The summed E-state index contributed by atoms with van der Waals surface area (Å²) in [6.45, 7) is 7.05. The van der Waals surface area contributed by atoms with Crippen molar-refractivity contribution >= 4 is 21.4 Å². The zero-order chi connectivity index (χ0) is 14.5. The van der Waals surface area contributed by atoms with E-state index in [2.05, 4.69) is 9.88 Å². The Morgan fingerprint density at radius 3 is 2.63 bits per heavy atom. The summed E-state index contributed by atoms with van der Waals surface area (Å²) in [6, 6.07) is 1.84. The molecule has 1 rings (SSSR count). The van der Waals surface area contributed by atoms with Crippen molar-refractivity contribution in [1.29, 1.82) is 0 Å². The largest absolute Gasteiger partial charge is 0.296 e. The maximum atomic E-state index is 11.7. The first-order valence-corrected chi connectivity index (χ1v) is 8.62. The van der Waals surface area contributed by atoms with Gasteiger partial charge in [0.15, 0.2) is 9.84 Å². The maximum absolute atomic E-state index is 11.7. The van der Waals surface area contributed by atoms with Crippen LogP contribution in [0.5, 0.6) is 0 Å². The second-order valence-electron chi connectivity index (χ2n) is 4.58. The van der Waals surface area contributed by atoms with E-state index in [1.54, 1.807) is 19.3 Å². The summed E-state index contributed by atoms with van der Waals surface area (Å²) in [4.78, 5) is 6.05. The number of rotatable bonds is 7. The van der Waals surface area contributed by atoms with Crippen LogP contribution >= 0.6 is 11.6 Å². The van der Waals surface area contributed by atoms with E-state index < -0.39 is 9.84 Å². The number of hydrogen-bond acceptors (Lipinski definition) is 4. The van der Waals surface area contributed by atoms with Crippen LogP contribution in [0.15, 0.2) is 18.5 Å². The summed E-state index contributed by atoms with van der Waals surface area (Å²) < 4.78 is 23.4. The van der Waals surface area contributed by atoms with Gasteiger partial charge in [-0.15, -0.1) is 0 Å². The molecular formula is C13H21ClN2O2S. The van der Waals surface area contributed by atoms with E-state index in [9.17, 15) is 8.42 Å². The highest BCUT2D eigenvalue weighted by atomic mass is 35.5. The number of nitrogens with zero attached hydrogens (tertiary/aromatic N) is 2. The molecule has 1 aromatic rings. The van der Waals surface area contributed by atoms with E-state index in [0.29, 0.717) is 11.6 Å². The van der Waals surface area contributed by atoms with Crippen LogP contribution in [0.3, 0.4) is 0 Å². The molecule has 0 N–H and O–H groups in total. The number of sulfone groups is 1. The molecule has 0 aromatic carbocycles. The molecule has 0 saturated heterocycles. The van der Waals surface area contributed by atoms with Crippen LogP contribution in [0, 0.1) is 0 Å². The Labute approximate surface area is 120 Å². The maximum Gasteiger partial charge on any atom is 0.151 e. The highest BCUT2D eigenvalue weighted by molar-refractivity contribution is 7.91. The van der Waals surface area contributed by atoms with Gasteiger partial charge in [-0.25, -0.2) is 8.42 Å². The zero-order valence-corrected chi connectivity index (χ0v) is 13.2. The minimum Gasteiger partial charge on any atom is -0.296 e. The molecule has 1 unspecified atom stereocenters. The van der Waals surface area contributed by atoms with Gasteiger partial charge in [0.25, 0.3) is 0 Å². The number of hydrogen-bond donors (Lipinski definition) is 0. The Morgan fingerprint density at radius 1 is 1.42 bits per heavy atom. The number of aromatic nitrogens is 1. The van der Waals surface area contributed by atoms with Crippen molar-refractivity contribution in [2.75, 3.05) is 18.1 Å². The normalized spacial score (nSPS) is 13.7. The molecule has 0 fully saturated rings. The zero-order valence-electron chi connectivity index (χ0n) is 11.6. The molecule has 0 aliphatic heterocycles. The Balaban J connectivity index is 2.76. The SMILES string of the molecule is CCN(Cc1ccncc1Cl)C(C)CS(=O)(=O)CC. The fourth-order valence-electron chi connectivity index (χ4n) is 1.92. The van der Waals surface area contributed by atoms with Gasteiger partial charge >= 0.3 is 0 Å². The van der Waals surface area contributed by atoms with Gasteiger partial charge in [-0.05, 0) is 25.1 Å². The third-order valence-electron chi connectivity index (χ3n) is 3.19. The smallest absolute Gasteiger partial charge is 0.151 e. The second-order valence-corrected chi connectivity index (χ2v) is 7.38. The molecular weight excluding hydrogens is 284 g/mol. The molecule has 1 atom stereocenters. The van der Waals surface area contributed by atoms with Crippen molar-refractivity contribution in [3.8, 4) is 0 Å². The molecule has 1 aromatic heterocycles. The highest BCUT2D eigenvalue weighted by Crippen LogP contribution is 2.17. The molecule has 0 aliphatic carbocycles. The minimum absolute atomic E-state index is 0.0285. The summed E-state index contributed by atoms with van der Waals surface area (Å²) in [5, 5.41) is 0.617. The Morgan fingerprint density at radius 2 is 2.11 bits per heavy atom. The van der Waals surface area contributed by atoms with Crippen molar-refractivity contribution in [3.05, 3.63) is 29.0 Å². The van der Waals surface area contributed by atoms with E-state index in [1.807, 2.05) is 19.9 Å². The number of pyridine rings is 1. The Hall–Kier alpha value is -0.650. The minimum atomic E-state index is -2.96. The van der Waals surface area contributed by atoms with Crippen molar-refractivity contribution in [2.24, 2.45) is 0 Å². The van der Waals surface area contributed by atoms with Crippen molar-refractivity contribution in [2.45, 2.75) is 33.4 Å². The first-order chi connectivity index (χ1) is 8.89. The Bertz CT molecular complexity index is 505. The van der Waals surface area contributed by atoms with Crippen LogP contribution in [0.1, 0.15) is 26.3 Å². The van der Waals surface area contributed by atoms with Crippen LogP contribution in [-0.2, 0) is 16.4 Å². The summed E-state index contributed by atoms with van der Waals surface area (Å²) in [5.41, 5.74) is 0.972. The average Bonchev–Trinajstić information content (AvgIpc) is 2.37. The monoisotopic (exact) mass is 304 g/mol. The van der Waals surface area contributed by atoms with Crippen LogP contribution in [-0.4, -0.2) is 42.4 Å². The van der Waals surface area contributed by atoms with Gasteiger partial charge in [0.2, 0.25) is 0 Å². The molecule has 0 aliphatic rings. The van der Waals surface area contributed by atoms with Gasteiger partial charge in [0.05, 0.1) is 10.8 Å². The van der Waals surface area contributed by atoms with Gasteiger partial charge in [0.1, 0.15) is 0 Å². The first-order valence-electron chi connectivity index (χ1n) is 6.42. The molecule has 1 heterocycles. The summed E-state index contributed by atoms with van der Waals surface area (Å²) >= 11 is 6.08. The van der Waals surface area contributed by atoms with Crippen molar-refractivity contribution in [1.82, 2.24) is 9.88 Å². The van der Waals surface area contributed by atoms with Gasteiger partial charge in [-0.2, -0.15) is 0 Å². The lowest BCUT2D eigenvalue weighted by Gasteiger charge is -2.27. The van der Waals surface area contributed by atoms with E-state index in [1.165, 1.54) is 0 Å². The molecule has 0 radical (unpaired) electrons. The van der Waals surface area contributed by atoms with Gasteiger partial charge in [-0.3, -0.25) is 9.88 Å². The van der Waals surface area contributed by atoms with Gasteiger partial charge in [-0.1, -0.05) is 25.4 Å². The van der Waals surface area contributed by atoms with Gasteiger partial charge in [0, 0.05) is 30.7 Å². The summed E-state index contributed by atoms with van der Waals surface area (Å²) in [7, 11) is -2.96. The third-order valence-corrected chi connectivity index (χ3v) is 5.40. The predicted octanol–water partition coefficient (Wildman–Crippen LogP) is 2.38. The van der Waals surface area contributed by atoms with Crippen molar-refractivity contribution in [3.63, 3.8) is 0 Å². The second kappa shape index (κ2) is 7.22. The lowest BCUT2D eigenvalue weighted by Crippen LogP contribution is -2.38. The molecule has 6 heteroatoms. The quantitative estimate of drug-likeness (QED) is 0.776. The topological polar surface area (TPSA) is 50.3 Å². The van der Waals surface area contributed by atoms with E-state index >= 15 is 0 Å². The third kappa shape index (κ3) is 5.09. The van der Waals surface area contributed by atoms with Crippen LogP contribution < -0.4 is 0 Å².